The number of rotatable bonds is 4. The average Bonchev–Trinajstić information content (AvgIpc) is 2.82. The number of hydrogen-bond donors (Lipinski definition) is 3. The Hall–Kier alpha value is -1.95. The molecule has 5 nitrogen and oxygen atoms in total. The highest BCUT2D eigenvalue weighted by Gasteiger charge is 2.16. The van der Waals surface area contributed by atoms with Crippen molar-refractivity contribution in [1.29, 1.82) is 0 Å². The second-order valence-electron chi connectivity index (χ2n) is 4.10. The molecule has 1 atom stereocenters. The summed E-state index contributed by atoms with van der Waals surface area (Å²) in [6.45, 7) is 1.71. The highest BCUT2D eigenvalue weighted by atomic mass is 19.1. The van der Waals surface area contributed by atoms with Crippen molar-refractivity contribution in [2.24, 2.45) is 0 Å². The van der Waals surface area contributed by atoms with E-state index in [4.69, 9.17) is 5.11 Å². The third kappa shape index (κ3) is 3.27. The van der Waals surface area contributed by atoms with Gasteiger partial charge in [-0.2, -0.15) is 0 Å². The number of nitrogens with one attached hydrogen (secondary N) is 2. The molecule has 0 radical (unpaired) electrons. The molecule has 3 N–H and O–H groups in total. The summed E-state index contributed by atoms with van der Waals surface area (Å²) in [5.41, 5.74) is 0.421. The standard InChI is InChI=1S/C12H14FN3O2/c13-10-5-8(1-2-11(17)18)6-15-12(10)16-9-3-4-14-7-9/h1-2,5-6,9,14H,3-4,7H2,(H,15,16)(H,17,18)/b2-1+/t9-/m1/s1. The van der Waals surface area contributed by atoms with E-state index in [-0.39, 0.29) is 11.9 Å². The predicted molar refractivity (Wildman–Crippen MR) is 65.8 cm³/mol. The summed E-state index contributed by atoms with van der Waals surface area (Å²) in [6, 6.07) is 1.45. The molecule has 1 aromatic heterocycles. The molecule has 1 aliphatic rings. The van der Waals surface area contributed by atoms with Gasteiger partial charge < -0.3 is 15.7 Å². The smallest absolute Gasteiger partial charge is 0.328 e. The van der Waals surface area contributed by atoms with Crippen molar-refractivity contribution in [3.05, 3.63) is 29.7 Å². The Bertz CT molecular complexity index is 470. The summed E-state index contributed by atoms with van der Waals surface area (Å²) in [7, 11) is 0. The van der Waals surface area contributed by atoms with Crippen molar-refractivity contribution in [1.82, 2.24) is 10.3 Å². The van der Waals surface area contributed by atoms with Gasteiger partial charge in [-0.15, -0.1) is 0 Å². The van der Waals surface area contributed by atoms with E-state index < -0.39 is 11.8 Å². The van der Waals surface area contributed by atoms with Crippen LogP contribution in [0.5, 0.6) is 0 Å². The normalized spacial score (nSPS) is 19.3. The third-order valence-electron chi connectivity index (χ3n) is 2.68. The quantitative estimate of drug-likeness (QED) is 0.699. The fourth-order valence-electron chi connectivity index (χ4n) is 1.79. The van der Waals surface area contributed by atoms with Gasteiger partial charge in [-0.25, -0.2) is 14.2 Å². The molecule has 2 rings (SSSR count). The number of nitrogens with zero attached hydrogens (tertiary/aromatic N) is 1. The minimum Gasteiger partial charge on any atom is -0.478 e. The highest BCUT2D eigenvalue weighted by Crippen LogP contribution is 2.15. The van der Waals surface area contributed by atoms with Crippen LogP contribution in [0.2, 0.25) is 0 Å². The molecule has 0 spiro atoms. The van der Waals surface area contributed by atoms with Crippen LogP contribution in [0, 0.1) is 5.82 Å². The zero-order valence-corrected chi connectivity index (χ0v) is 9.69. The van der Waals surface area contributed by atoms with Gasteiger partial charge in [0, 0.05) is 24.9 Å². The molecule has 1 saturated heterocycles. The summed E-state index contributed by atoms with van der Waals surface area (Å²) < 4.78 is 13.7. The highest BCUT2D eigenvalue weighted by molar-refractivity contribution is 5.85. The van der Waals surface area contributed by atoms with Crippen LogP contribution in [0.1, 0.15) is 12.0 Å². The van der Waals surface area contributed by atoms with Gasteiger partial charge in [0.15, 0.2) is 11.6 Å². The fourth-order valence-corrected chi connectivity index (χ4v) is 1.79. The Labute approximate surface area is 104 Å². The molecule has 1 fully saturated rings. The molecule has 1 aromatic rings. The number of hydrogen-bond acceptors (Lipinski definition) is 4. The van der Waals surface area contributed by atoms with Crippen LogP contribution in [-0.2, 0) is 4.79 Å². The minimum atomic E-state index is -1.07. The second kappa shape index (κ2) is 5.59. The number of carboxylic acids is 1. The van der Waals surface area contributed by atoms with Gasteiger partial charge in [0.25, 0.3) is 0 Å². The van der Waals surface area contributed by atoms with Crippen molar-refractivity contribution in [2.45, 2.75) is 12.5 Å². The summed E-state index contributed by atoms with van der Waals surface area (Å²) >= 11 is 0. The van der Waals surface area contributed by atoms with Gasteiger partial charge in [0.1, 0.15) is 0 Å². The number of anilines is 1. The van der Waals surface area contributed by atoms with Crippen molar-refractivity contribution in [3.8, 4) is 0 Å². The average molecular weight is 251 g/mol. The van der Waals surface area contributed by atoms with Crippen LogP contribution in [0.15, 0.2) is 18.3 Å². The molecule has 0 unspecified atom stereocenters. The molecular formula is C12H14FN3O2. The first-order valence-electron chi connectivity index (χ1n) is 5.69. The molecule has 0 aromatic carbocycles. The van der Waals surface area contributed by atoms with E-state index in [9.17, 15) is 9.18 Å². The van der Waals surface area contributed by atoms with Crippen molar-refractivity contribution >= 4 is 17.9 Å². The first kappa shape index (κ1) is 12.5. The van der Waals surface area contributed by atoms with Crippen LogP contribution in [0.25, 0.3) is 6.08 Å². The zero-order chi connectivity index (χ0) is 13.0. The fraction of sp³-hybridized carbons (Fsp3) is 0.333. The molecule has 18 heavy (non-hydrogen) atoms. The topological polar surface area (TPSA) is 74.2 Å². The summed E-state index contributed by atoms with van der Waals surface area (Å²) in [6.07, 6.45) is 4.62. The van der Waals surface area contributed by atoms with Gasteiger partial charge in [0.05, 0.1) is 0 Å². The van der Waals surface area contributed by atoms with E-state index in [0.717, 1.165) is 25.6 Å². The first-order chi connectivity index (χ1) is 8.65. The van der Waals surface area contributed by atoms with Crippen LogP contribution in [0.4, 0.5) is 10.2 Å². The summed E-state index contributed by atoms with van der Waals surface area (Å²) in [4.78, 5) is 14.3. The van der Waals surface area contributed by atoms with Crippen molar-refractivity contribution in [2.75, 3.05) is 18.4 Å². The van der Waals surface area contributed by atoms with Gasteiger partial charge >= 0.3 is 5.97 Å². The Kier molecular flexibility index (Phi) is 3.88. The van der Waals surface area contributed by atoms with Crippen LogP contribution in [-0.4, -0.2) is 35.2 Å². The van der Waals surface area contributed by atoms with E-state index in [1.54, 1.807) is 0 Å². The number of pyridine rings is 1. The maximum Gasteiger partial charge on any atom is 0.328 e. The number of carboxylic acid groups (broad SMARTS) is 1. The molecule has 0 aliphatic carbocycles. The molecule has 6 heteroatoms. The SMILES string of the molecule is O=C(O)/C=C/c1cnc(N[C@@H]2CCNC2)c(F)c1. The van der Waals surface area contributed by atoms with Crippen LogP contribution < -0.4 is 10.6 Å². The maximum atomic E-state index is 13.7. The molecule has 0 amide bonds. The van der Waals surface area contributed by atoms with Gasteiger partial charge in [0.2, 0.25) is 0 Å². The van der Waals surface area contributed by atoms with Crippen molar-refractivity contribution < 1.29 is 14.3 Å². The number of carbonyl (C=O) groups is 1. The van der Waals surface area contributed by atoms with Gasteiger partial charge in [-0.3, -0.25) is 0 Å². The van der Waals surface area contributed by atoms with Crippen LogP contribution in [0.3, 0.4) is 0 Å². The third-order valence-corrected chi connectivity index (χ3v) is 2.68. The maximum absolute atomic E-state index is 13.7. The molecule has 0 saturated carbocycles. The lowest BCUT2D eigenvalue weighted by Crippen LogP contribution is -2.23. The van der Waals surface area contributed by atoms with Gasteiger partial charge in [-0.1, -0.05) is 0 Å². The monoisotopic (exact) mass is 251 g/mol. The van der Waals surface area contributed by atoms with E-state index in [0.29, 0.717) is 5.56 Å². The predicted octanol–water partition coefficient (Wildman–Crippen LogP) is 1.09. The van der Waals surface area contributed by atoms with Gasteiger partial charge in [-0.05, 0) is 30.7 Å². The van der Waals surface area contributed by atoms with E-state index in [1.165, 1.54) is 18.3 Å². The number of aliphatic carboxylic acids is 1. The molecule has 2 heterocycles. The Balaban J connectivity index is 2.06. The number of aromatic nitrogens is 1. The Morgan fingerprint density at radius 1 is 1.67 bits per heavy atom. The van der Waals surface area contributed by atoms with Crippen molar-refractivity contribution in [3.63, 3.8) is 0 Å². The molecule has 96 valence electrons. The van der Waals surface area contributed by atoms with E-state index in [2.05, 4.69) is 15.6 Å². The molecular weight excluding hydrogens is 237 g/mol. The van der Waals surface area contributed by atoms with E-state index in [1.807, 2.05) is 0 Å². The number of halogens is 1. The largest absolute Gasteiger partial charge is 0.478 e. The second-order valence-corrected chi connectivity index (χ2v) is 4.10. The zero-order valence-electron chi connectivity index (χ0n) is 9.69. The van der Waals surface area contributed by atoms with Crippen LogP contribution >= 0.6 is 0 Å². The lowest BCUT2D eigenvalue weighted by molar-refractivity contribution is -0.131. The molecule has 1 aliphatic heterocycles. The Morgan fingerprint density at radius 2 is 2.50 bits per heavy atom. The summed E-state index contributed by atoms with van der Waals surface area (Å²) in [5.74, 6) is -1.35. The first-order valence-corrected chi connectivity index (χ1v) is 5.69. The lowest BCUT2D eigenvalue weighted by atomic mass is 10.2. The summed E-state index contributed by atoms with van der Waals surface area (Å²) in [5, 5.41) is 14.6. The van der Waals surface area contributed by atoms with E-state index >= 15 is 0 Å². The lowest BCUT2D eigenvalue weighted by Gasteiger charge is -2.12. The minimum absolute atomic E-state index is 0.187. The Morgan fingerprint density at radius 3 is 3.11 bits per heavy atom. The molecule has 0 bridgehead atoms.